The van der Waals surface area contributed by atoms with Gasteiger partial charge in [0, 0.05) is 12.6 Å². The van der Waals surface area contributed by atoms with E-state index in [1.165, 1.54) is 31.4 Å². The van der Waals surface area contributed by atoms with Crippen molar-refractivity contribution in [1.29, 1.82) is 5.26 Å². The third kappa shape index (κ3) is 7.52. The van der Waals surface area contributed by atoms with Crippen LogP contribution < -0.4 is 14.8 Å². The standard InChI is InChI=1S/C25H22N2O4/c1-3-15-27-25(29)21(18-26)16-20-13-14-22(23(17-20)30-2)31-24(28)12-8-7-11-19-9-5-4-6-10-19/h3-14,16-17H,1,15H2,2H3,(H,27,29)/b11-7+,12-8+,21-16+. The normalized spacial score (nSPS) is 11.2. The second-order valence-corrected chi connectivity index (χ2v) is 6.13. The van der Waals surface area contributed by atoms with E-state index in [1.807, 2.05) is 42.5 Å². The number of benzene rings is 2. The lowest BCUT2D eigenvalue weighted by atomic mass is 10.1. The summed E-state index contributed by atoms with van der Waals surface area (Å²) in [5.41, 5.74) is 1.49. The summed E-state index contributed by atoms with van der Waals surface area (Å²) in [6, 6.07) is 16.3. The molecule has 156 valence electrons. The number of nitrogens with zero attached hydrogens (tertiary/aromatic N) is 1. The van der Waals surface area contributed by atoms with Crippen molar-refractivity contribution < 1.29 is 19.1 Å². The summed E-state index contributed by atoms with van der Waals surface area (Å²) in [5, 5.41) is 11.8. The van der Waals surface area contributed by atoms with Crippen molar-refractivity contribution in [3.8, 4) is 17.6 Å². The molecular formula is C25H22N2O4. The molecule has 0 aliphatic heterocycles. The highest BCUT2D eigenvalue weighted by molar-refractivity contribution is 6.01. The van der Waals surface area contributed by atoms with E-state index >= 15 is 0 Å². The zero-order valence-electron chi connectivity index (χ0n) is 17.1. The number of hydrogen-bond donors (Lipinski definition) is 1. The molecule has 0 atom stereocenters. The van der Waals surface area contributed by atoms with Crippen LogP contribution in [0.15, 0.2) is 85.0 Å². The minimum Gasteiger partial charge on any atom is -0.493 e. The Hall–Kier alpha value is -4.37. The number of carbonyl (C=O) groups excluding carboxylic acids is 2. The topological polar surface area (TPSA) is 88.4 Å². The minimum absolute atomic E-state index is 0.0678. The first-order valence-electron chi connectivity index (χ1n) is 9.38. The zero-order valence-corrected chi connectivity index (χ0v) is 17.1. The molecule has 0 aromatic heterocycles. The van der Waals surface area contributed by atoms with Gasteiger partial charge in [-0.1, -0.05) is 60.7 Å². The SMILES string of the molecule is C=CCNC(=O)/C(C#N)=C/c1ccc(OC(=O)/C=C/C=C/c2ccccc2)c(OC)c1. The molecule has 0 aliphatic rings. The number of amides is 1. The lowest BCUT2D eigenvalue weighted by Gasteiger charge is -2.09. The molecule has 31 heavy (non-hydrogen) atoms. The summed E-state index contributed by atoms with van der Waals surface area (Å²) in [6.07, 6.45) is 9.42. The summed E-state index contributed by atoms with van der Waals surface area (Å²) in [6.45, 7) is 3.77. The van der Waals surface area contributed by atoms with E-state index in [-0.39, 0.29) is 17.9 Å². The maximum Gasteiger partial charge on any atom is 0.336 e. The summed E-state index contributed by atoms with van der Waals surface area (Å²) in [7, 11) is 1.43. The third-order valence-electron chi connectivity index (χ3n) is 3.91. The highest BCUT2D eigenvalue weighted by atomic mass is 16.6. The molecule has 0 spiro atoms. The maximum absolute atomic E-state index is 12.1. The smallest absolute Gasteiger partial charge is 0.336 e. The average molecular weight is 414 g/mol. The number of methoxy groups -OCH3 is 1. The molecule has 2 rings (SSSR count). The largest absolute Gasteiger partial charge is 0.493 e. The summed E-state index contributed by atoms with van der Waals surface area (Å²) in [4.78, 5) is 24.0. The molecule has 6 heteroatoms. The van der Waals surface area contributed by atoms with Crippen LogP contribution in [-0.2, 0) is 9.59 Å². The van der Waals surface area contributed by atoms with Crippen LogP contribution in [0.3, 0.4) is 0 Å². The third-order valence-corrected chi connectivity index (χ3v) is 3.91. The van der Waals surface area contributed by atoms with Crippen LogP contribution in [0.2, 0.25) is 0 Å². The summed E-state index contributed by atoms with van der Waals surface area (Å²) >= 11 is 0. The number of carbonyl (C=O) groups is 2. The van der Waals surface area contributed by atoms with Crippen molar-refractivity contribution in [3.05, 3.63) is 96.1 Å². The Labute approximate surface area is 181 Å². The molecule has 1 N–H and O–H groups in total. The number of ether oxygens (including phenoxy) is 2. The van der Waals surface area contributed by atoms with Crippen LogP contribution in [0.4, 0.5) is 0 Å². The molecule has 0 saturated heterocycles. The minimum atomic E-state index is -0.569. The molecule has 0 aliphatic carbocycles. The Balaban J connectivity index is 2.08. The van der Waals surface area contributed by atoms with E-state index in [0.717, 1.165) is 5.56 Å². The molecule has 0 heterocycles. The molecule has 0 radical (unpaired) electrons. The first-order chi connectivity index (χ1) is 15.1. The Bertz CT molecular complexity index is 1060. The predicted octanol–water partition coefficient (Wildman–Crippen LogP) is 4.08. The number of nitriles is 1. The molecule has 2 aromatic rings. The number of allylic oxidation sites excluding steroid dienone is 2. The first kappa shape index (κ1) is 22.9. The number of hydrogen-bond acceptors (Lipinski definition) is 5. The number of esters is 1. The van der Waals surface area contributed by atoms with Gasteiger partial charge >= 0.3 is 5.97 Å². The van der Waals surface area contributed by atoms with Crippen LogP contribution in [-0.4, -0.2) is 25.5 Å². The lowest BCUT2D eigenvalue weighted by molar-refractivity contribution is -0.129. The molecule has 2 aromatic carbocycles. The molecule has 0 fully saturated rings. The van der Waals surface area contributed by atoms with E-state index in [9.17, 15) is 14.9 Å². The molecule has 0 bridgehead atoms. The van der Waals surface area contributed by atoms with Gasteiger partial charge in [0.1, 0.15) is 11.6 Å². The Kier molecular flexibility index (Phi) is 9.05. The van der Waals surface area contributed by atoms with Gasteiger partial charge in [0.25, 0.3) is 5.91 Å². The van der Waals surface area contributed by atoms with Crippen molar-refractivity contribution in [2.75, 3.05) is 13.7 Å². The predicted molar refractivity (Wildman–Crippen MR) is 120 cm³/mol. The molecule has 0 unspecified atom stereocenters. The van der Waals surface area contributed by atoms with Crippen LogP contribution in [0.25, 0.3) is 12.2 Å². The fourth-order valence-corrected chi connectivity index (χ4v) is 2.44. The average Bonchev–Trinajstić information content (AvgIpc) is 2.80. The second kappa shape index (κ2) is 12.2. The monoisotopic (exact) mass is 414 g/mol. The van der Waals surface area contributed by atoms with Crippen LogP contribution in [0, 0.1) is 11.3 Å². The van der Waals surface area contributed by atoms with Gasteiger partial charge in [-0.25, -0.2) is 4.79 Å². The van der Waals surface area contributed by atoms with E-state index in [4.69, 9.17) is 9.47 Å². The Morgan fingerprint density at radius 1 is 1.10 bits per heavy atom. The van der Waals surface area contributed by atoms with E-state index in [1.54, 1.807) is 24.3 Å². The van der Waals surface area contributed by atoms with E-state index < -0.39 is 11.9 Å². The van der Waals surface area contributed by atoms with E-state index in [0.29, 0.717) is 11.3 Å². The highest BCUT2D eigenvalue weighted by Crippen LogP contribution is 2.29. The fraction of sp³-hybridized carbons (Fsp3) is 0.0800. The van der Waals surface area contributed by atoms with Gasteiger partial charge in [-0.2, -0.15) is 5.26 Å². The van der Waals surface area contributed by atoms with Gasteiger partial charge in [0.2, 0.25) is 0 Å². The van der Waals surface area contributed by atoms with Crippen molar-refractivity contribution >= 4 is 24.0 Å². The van der Waals surface area contributed by atoms with Gasteiger partial charge in [-0.3, -0.25) is 4.79 Å². The molecule has 6 nitrogen and oxygen atoms in total. The second-order valence-electron chi connectivity index (χ2n) is 6.13. The quantitative estimate of drug-likeness (QED) is 0.167. The molecular weight excluding hydrogens is 392 g/mol. The Morgan fingerprint density at radius 2 is 1.87 bits per heavy atom. The Morgan fingerprint density at radius 3 is 2.55 bits per heavy atom. The highest BCUT2D eigenvalue weighted by Gasteiger charge is 2.11. The number of rotatable bonds is 9. The van der Waals surface area contributed by atoms with Crippen LogP contribution in [0.5, 0.6) is 11.5 Å². The van der Waals surface area contributed by atoms with Crippen molar-refractivity contribution in [1.82, 2.24) is 5.32 Å². The summed E-state index contributed by atoms with van der Waals surface area (Å²) in [5.74, 6) is -0.568. The summed E-state index contributed by atoms with van der Waals surface area (Å²) < 4.78 is 10.6. The van der Waals surface area contributed by atoms with Gasteiger partial charge in [-0.05, 0) is 29.3 Å². The van der Waals surface area contributed by atoms with Crippen LogP contribution >= 0.6 is 0 Å². The maximum atomic E-state index is 12.1. The van der Waals surface area contributed by atoms with Crippen molar-refractivity contribution in [2.24, 2.45) is 0 Å². The number of nitrogens with one attached hydrogen (secondary N) is 1. The molecule has 0 saturated carbocycles. The molecule has 1 amide bonds. The van der Waals surface area contributed by atoms with E-state index in [2.05, 4.69) is 11.9 Å². The van der Waals surface area contributed by atoms with Crippen molar-refractivity contribution in [3.63, 3.8) is 0 Å². The van der Waals surface area contributed by atoms with Crippen LogP contribution in [0.1, 0.15) is 11.1 Å². The fourth-order valence-electron chi connectivity index (χ4n) is 2.44. The van der Waals surface area contributed by atoms with Gasteiger partial charge in [-0.15, -0.1) is 6.58 Å². The van der Waals surface area contributed by atoms with Gasteiger partial charge in [0.05, 0.1) is 7.11 Å². The van der Waals surface area contributed by atoms with Gasteiger partial charge < -0.3 is 14.8 Å². The zero-order chi connectivity index (χ0) is 22.5. The lowest BCUT2D eigenvalue weighted by Crippen LogP contribution is -2.24. The van der Waals surface area contributed by atoms with Crippen molar-refractivity contribution in [2.45, 2.75) is 0 Å². The first-order valence-corrected chi connectivity index (χ1v) is 9.38. The van der Waals surface area contributed by atoms with Gasteiger partial charge in [0.15, 0.2) is 11.5 Å².